The van der Waals surface area contributed by atoms with Crippen molar-refractivity contribution in [2.75, 3.05) is 5.32 Å². The van der Waals surface area contributed by atoms with Crippen LogP contribution in [0.15, 0.2) is 48.9 Å². The Morgan fingerprint density at radius 3 is 2.69 bits per heavy atom. The van der Waals surface area contributed by atoms with E-state index in [1.807, 2.05) is 6.07 Å². The number of pyridine rings is 1. The normalized spacial score (nSPS) is 18.8. The highest BCUT2D eigenvalue weighted by molar-refractivity contribution is 5.66. The van der Waals surface area contributed by atoms with E-state index in [9.17, 15) is 8.78 Å². The fourth-order valence-electron chi connectivity index (χ4n) is 4.54. The van der Waals surface area contributed by atoms with Gasteiger partial charge in [0.2, 0.25) is 5.95 Å². The standard InChI is InChI=1S/C24H24F2N6/c1-14-9-19(25)23(20(26)10-14)21-6-5-17-12-29-24(32(17)31-21)30-22-13-28-8-7-18(22)15-3-2-4-16(27)11-15/h5-10,12-13,15-16H,2-4,11,27H2,1H3,(H,29,30)/t15-,16+/m1/s1. The monoisotopic (exact) mass is 434 g/mol. The van der Waals surface area contributed by atoms with Crippen molar-refractivity contribution in [2.45, 2.75) is 44.6 Å². The van der Waals surface area contributed by atoms with Gasteiger partial charge in [0.25, 0.3) is 0 Å². The molecule has 1 saturated carbocycles. The number of nitrogens with one attached hydrogen (secondary N) is 1. The molecule has 6 nitrogen and oxygen atoms in total. The Morgan fingerprint density at radius 2 is 1.91 bits per heavy atom. The third-order valence-corrected chi connectivity index (χ3v) is 6.08. The largest absolute Gasteiger partial charge is 0.328 e. The van der Waals surface area contributed by atoms with Crippen LogP contribution in [0.2, 0.25) is 0 Å². The molecule has 32 heavy (non-hydrogen) atoms. The summed E-state index contributed by atoms with van der Waals surface area (Å²) in [6, 6.07) is 8.14. The number of aryl methyl sites for hydroxylation is 1. The smallest absolute Gasteiger partial charge is 0.229 e. The number of nitrogens with zero attached hydrogens (tertiary/aromatic N) is 4. The van der Waals surface area contributed by atoms with Gasteiger partial charge in [-0.2, -0.15) is 9.61 Å². The Hall–Kier alpha value is -3.39. The van der Waals surface area contributed by atoms with Gasteiger partial charge in [0.1, 0.15) is 11.6 Å². The summed E-state index contributed by atoms with van der Waals surface area (Å²) in [5, 5.41) is 7.80. The molecule has 3 aromatic heterocycles. The number of nitrogens with two attached hydrogens (primary N) is 1. The number of hydrogen-bond acceptors (Lipinski definition) is 5. The lowest BCUT2D eigenvalue weighted by atomic mass is 9.81. The second-order valence-electron chi connectivity index (χ2n) is 8.45. The van der Waals surface area contributed by atoms with Crippen molar-refractivity contribution in [3.05, 3.63) is 71.7 Å². The van der Waals surface area contributed by atoms with E-state index in [-0.39, 0.29) is 17.3 Å². The molecule has 4 aromatic rings. The quantitative estimate of drug-likeness (QED) is 0.467. The van der Waals surface area contributed by atoms with Gasteiger partial charge in [0.15, 0.2) is 0 Å². The van der Waals surface area contributed by atoms with Crippen LogP contribution in [-0.2, 0) is 0 Å². The van der Waals surface area contributed by atoms with Crippen LogP contribution >= 0.6 is 0 Å². The maximum absolute atomic E-state index is 14.5. The second-order valence-corrected chi connectivity index (χ2v) is 8.45. The lowest BCUT2D eigenvalue weighted by Gasteiger charge is -2.28. The summed E-state index contributed by atoms with van der Waals surface area (Å²) < 4.78 is 30.6. The molecule has 1 aliphatic rings. The molecule has 3 heterocycles. The highest BCUT2D eigenvalue weighted by Gasteiger charge is 2.23. The van der Waals surface area contributed by atoms with Crippen molar-refractivity contribution in [3.8, 4) is 11.3 Å². The van der Waals surface area contributed by atoms with Gasteiger partial charge in [0, 0.05) is 12.2 Å². The zero-order valence-electron chi connectivity index (χ0n) is 17.7. The Morgan fingerprint density at radius 1 is 1.09 bits per heavy atom. The van der Waals surface area contributed by atoms with Crippen molar-refractivity contribution >= 4 is 17.2 Å². The van der Waals surface area contributed by atoms with E-state index in [1.54, 1.807) is 42.2 Å². The van der Waals surface area contributed by atoms with Gasteiger partial charge in [-0.3, -0.25) is 4.98 Å². The van der Waals surface area contributed by atoms with E-state index in [4.69, 9.17) is 5.73 Å². The molecule has 0 aliphatic heterocycles. The molecule has 3 N–H and O–H groups in total. The third-order valence-electron chi connectivity index (χ3n) is 6.08. The van der Waals surface area contributed by atoms with Crippen molar-refractivity contribution in [2.24, 2.45) is 5.73 Å². The number of fused-ring (bicyclic) bond motifs is 1. The number of imidazole rings is 1. The maximum Gasteiger partial charge on any atom is 0.229 e. The molecular formula is C24H24F2N6. The van der Waals surface area contributed by atoms with Gasteiger partial charge < -0.3 is 11.1 Å². The molecule has 5 rings (SSSR count). The Kier molecular flexibility index (Phi) is 5.30. The first kappa shape index (κ1) is 20.5. The number of hydrogen-bond donors (Lipinski definition) is 2. The van der Waals surface area contributed by atoms with Crippen molar-refractivity contribution in [1.29, 1.82) is 0 Å². The zero-order chi connectivity index (χ0) is 22.2. The van der Waals surface area contributed by atoms with Crippen molar-refractivity contribution in [3.63, 3.8) is 0 Å². The Balaban J connectivity index is 1.53. The van der Waals surface area contributed by atoms with Crippen LogP contribution in [0, 0.1) is 18.6 Å². The predicted octanol–water partition coefficient (Wildman–Crippen LogP) is 5.11. The van der Waals surface area contributed by atoms with Crippen LogP contribution in [0.4, 0.5) is 20.4 Å². The molecule has 8 heteroatoms. The molecule has 0 saturated heterocycles. The van der Waals surface area contributed by atoms with Crippen LogP contribution < -0.4 is 11.1 Å². The molecule has 0 radical (unpaired) electrons. The summed E-state index contributed by atoms with van der Waals surface area (Å²) in [6.45, 7) is 1.65. The lowest BCUT2D eigenvalue weighted by Crippen LogP contribution is -2.27. The van der Waals surface area contributed by atoms with Crippen LogP contribution in [0.3, 0.4) is 0 Å². The summed E-state index contributed by atoms with van der Waals surface area (Å²) in [4.78, 5) is 8.70. The molecule has 2 atom stereocenters. The second kappa shape index (κ2) is 8.27. The maximum atomic E-state index is 14.5. The van der Waals surface area contributed by atoms with Gasteiger partial charge in [-0.05, 0) is 73.6 Å². The Labute approximate surface area is 184 Å². The first-order chi connectivity index (χ1) is 15.5. The molecule has 0 bridgehead atoms. The summed E-state index contributed by atoms with van der Waals surface area (Å²) >= 11 is 0. The molecule has 0 amide bonds. The molecule has 1 fully saturated rings. The van der Waals surface area contributed by atoms with Crippen molar-refractivity contribution in [1.82, 2.24) is 19.6 Å². The highest BCUT2D eigenvalue weighted by Crippen LogP contribution is 2.36. The highest BCUT2D eigenvalue weighted by atomic mass is 19.1. The molecular weight excluding hydrogens is 410 g/mol. The lowest BCUT2D eigenvalue weighted by molar-refractivity contribution is 0.394. The first-order valence-electron chi connectivity index (χ1n) is 10.8. The molecule has 0 unspecified atom stereocenters. The molecule has 1 aliphatic carbocycles. The first-order valence-corrected chi connectivity index (χ1v) is 10.8. The van der Waals surface area contributed by atoms with E-state index in [0.717, 1.165) is 36.9 Å². The fourth-order valence-corrected chi connectivity index (χ4v) is 4.54. The third kappa shape index (κ3) is 3.82. The van der Waals surface area contributed by atoms with Gasteiger partial charge in [-0.25, -0.2) is 13.8 Å². The van der Waals surface area contributed by atoms with Crippen molar-refractivity contribution < 1.29 is 8.78 Å². The predicted molar refractivity (Wildman–Crippen MR) is 120 cm³/mol. The van der Waals surface area contributed by atoms with Gasteiger partial charge in [0.05, 0.1) is 34.9 Å². The van der Waals surface area contributed by atoms with Gasteiger partial charge in [-0.15, -0.1) is 0 Å². The van der Waals surface area contributed by atoms with E-state index in [1.165, 1.54) is 12.1 Å². The minimum absolute atomic E-state index is 0.157. The average molecular weight is 434 g/mol. The van der Waals surface area contributed by atoms with Crippen LogP contribution in [0.1, 0.15) is 42.7 Å². The SMILES string of the molecule is Cc1cc(F)c(-c2ccc3cnc(Nc4cnccc4[C@@H]4CCC[C@H](N)C4)n3n2)c(F)c1. The van der Waals surface area contributed by atoms with Gasteiger partial charge >= 0.3 is 0 Å². The number of rotatable bonds is 4. The molecule has 1 aromatic carbocycles. The van der Waals surface area contributed by atoms with E-state index in [0.29, 0.717) is 22.9 Å². The minimum Gasteiger partial charge on any atom is -0.328 e. The van der Waals surface area contributed by atoms with Gasteiger partial charge in [-0.1, -0.05) is 6.42 Å². The number of benzene rings is 1. The van der Waals surface area contributed by atoms with E-state index < -0.39 is 11.6 Å². The summed E-state index contributed by atoms with van der Waals surface area (Å²) in [6.07, 6.45) is 9.35. The number of aromatic nitrogens is 4. The Bertz CT molecular complexity index is 1260. The fraction of sp³-hybridized carbons (Fsp3) is 0.292. The topological polar surface area (TPSA) is 81.1 Å². The average Bonchev–Trinajstić information content (AvgIpc) is 3.15. The summed E-state index contributed by atoms with van der Waals surface area (Å²) in [7, 11) is 0. The molecule has 164 valence electrons. The molecule has 0 spiro atoms. The van der Waals surface area contributed by atoms with E-state index in [2.05, 4.69) is 20.4 Å². The minimum atomic E-state index is -0.646. The van der Waals surface area contributed by atoms with Crippen LogP contribution in [-0.4, -0.2) is 25.6 Å². The number of halogens is 2. The van der Waals surface area contributed by atoms with Crippen LogP contribution in [0.5, 0.6) is 0 Å². The summed E-state index contributed by atoms with van der Waals surface area (Å²) in [5.74, 6) is -0.502. The van der Waals surface area contributed by atoms with E-state index >= 15 is 0 Å². The summed E-state index contributed by atoms with van der Waals surface area (Å²) in [5.41, 5.74) is 9.43. The zero-order valence-corrected chi connectivity index (χ0v) is 17.7. The van der Waals surface area contributed by atoms with Crippen LogP contribution in [0.25, 0.3) is 16.8 Å². The number of anilines is 2.